The fourth-order valence-corrected chi connectivity index (χ4v) is 5.52. The third-order valence-corrected chi connectivity index (χ3v) is 7.25. The summed E-state index contributed by atoms with van der Waals surface area (Å²) in [6, 6.07) is 8.73. The van der Waals surface area contributed by atoms with E-state index in [1.807, 2.05) is 18.7 Å². The second-order valence-corrected chi connectivity index (χ2v) is 9.47. The van der Waals surface area contributed by atoms with Crippen molar-refractivity contribution in [2.45, 2.75) is 78.2 Å². The van der Waals surface area contributed by atoms with Crippen molar-refractivity contribution < 1.29 is 9.90 Å². The van der Waals surface area contributed by atoms with Crippen LogP contribution in [0, 0.1) is 24.7 Å². The number of carbonyl (C=O) groups excluding carboxylic acids is 1. The van der Waals surface area contributed by atoms with Crippen LogP contribution in [0.5, 0.6) is 0 Å². The molecule has 1 aromatic rings. The number of carbonyl (C=O) groups is 1. The quantitative estimate of drug-likeness (QED) is 0.358. The number of allylic oxidation sites excluding steroid dienone is 3. The van der Waals surface area contributed by atoms with Gasteiger partial charge in [0.05, 0.1) is 6.10 Å². The van der Waals surface area contributed by atoms with Gasteiger partial charge in [0.25, 0.3) is 0 Å². The van der Waals surface area contributed by atoms with Crippen molar-refractivity contribution in [1.82, 2.24) is 4.90 Å². The first-order valence-corrected chi connectivity index (χ1v) is 12.4. The van der Waals surface area contributed by atoms with E-state index in [9.17, 15) is 9.90 Å². The molecule has 3 heteroatoms. The minimum Gasteiger partial charge on any atom is -0.392 e. The molecule has 170 valence electrons. The fraction of sp³-hybridized carbons (Fsp3) is 0.607. The number of amides is 1. The zero-order valence-electron chi connectivity index (χ0n) is 19.7. The molecule has 1 fully saturated rings. The third kappa shape index (κ3) is 6.55. The van der Waals surface area contributed by atoms with Crippen molar-refractivity contribution in [2.75, 3.05) is 13.1 Å². The average Bonchev–Trinajstić information content (AvgIpc) is 3.26. The molecule has 2 aliphatic carbocycles. The van der Waals surface area contributed by atoms with Crippen LogP contribution in [0.1, 0.15) is 69.9 Å². The van der Waals surface area contributed by atoms with E-state index in [1.54, 1.807) is 5.57 Å². The van der Waals surface area contributed by atoms with Crippen LogP contribution < -0.4 is 0 Å². The summed E-state index contributed by atoms with van der Waals surface area (Å²) in [5.41, 5.74) is 4.26. The molecule has 0 saturated heterocycles. The van der Waals surface area contributed by atoms with Crippen LogP contribution in [0.2, 0.25) is 0 Å². The van der Waals surface area contributed by atoms with Crippen LogP contribution in [0.3, 0.4) is 0 Å². The summed E-state index contributed by atoms with van der Waals surface area (Å²) < 4.78 is 0. The van der Waals surface area contributed by atoms with Gasteiger partial charge in [-0.15, -0.1) is 0 Å². The third-order valence-electron chi connectivity index (χ3n) is 7.25. The Morgan fingerprint density at radius 3 is 2.74 bits per heavy atom. The molecule has 0 spiro atoms. The van der Waals surface area contributed by atoms with Crippen LogP contribution >= 0.6 is 0 Å². The number of hydrogen-bond acceptors (Lipinski definition) is 2. The second-order valence-electron chi connectivity index (χ2n) is 9.47. The lowest BCUT2D eigenvalue weighted by Crippen LogP contribution is -2.30. The molecular weight excluding hydrogens is 382 g/mol. The lowest BCUT2D eigenvalue weighted by Gasteiger charge is -2.19. The van der Waals surface area contributed by atoms with Gasteiger partial charge in [-0.25, -0.2) is 0 Å². The average molecular weight is 424 g/mol. The number of nitrogens with zero attached hydrogens (tertiary/aromatic N) is 1. The monoisotopic (exact) mass is 423 g/mol. The number of hydrogen-bond donors (Lipinski definition) is 1. The standard InChI is InChI=1S/C28H41NO2/c1-4-29(5-2)28(31)16-9-7-13-23-18-24-20-27(30)25(26(24)19-23)15-8-6-12-22-14-10-11-21(3)17-22/h8,10-11,14-15,17-18,24-27,30H,4-7,9,12-13,16,19-20H2,1-3H3/b15-8+/t24-,25+,26-,27+/m0/s1. The normalized spacial score (nSPS) is 25.1. The van der Waals surface area contributed by atoms with Gasteiger partial charge in [-0.05, 0) is 83.1 Å². The number of fused-ring (bicyclic) bond motifs is 1. The van der Waals surface area contributed by atoms with E-state index in [0.29, 0.717) is 30.1 Å². The highest BCUT2D eigenvalue weighted by atomic mass is 16.3. The SMILES string of the molecule is CCN(CC)C(=O)CCCCC1=C[C@H]2C[C@@H](O)[C@H](/C=C/CCc3cccc(C)c3)[C@H]2C1. The number of unbranched alkanes of at least 4 members (excludes halogenated alkanes) is 1. The molecule has 3 nitrogen and oxygen atoms in total. The van der Waals surface area contributed by atoms with Crippen molar-refractivity contribution in [1.29, 1.82) is 0 Å². The van der Waals surface area contributed by atoms with E-state index in [1.165, 1.54) is 11.1 Å². The van der Waals surface area contributed by atoms with Gasteiger partial charge in [0, 0.05) is 25.4 Å². The van der Waals surface area contributed by atoms with Crippen molar-refractivity contribution in [3.05, 3.63) is 59.2 Å². The van der Waals surface area contributed by atoms with Gasteiger partial charge in [0.2, 0.25) is 5.91 Å². The van der Waals surface area contributed by atoms with E-state index < -0.39 is 0 Å². The number of aliphatic hydroxyl groups excluding tert-OH is 1. The summed E-state index contributed by atoms with van der Waals surface area (Å²) in [5, 5.41) is 10.6. The van der Waals surface area contributed by atoms with Crippen LogP contribution in [-0.2, 0) is 11.2 Å². The number of benzene rings is 1. The zero-order chi connectivity index (χ0) is 22.2. The summed E-state index contributed by atoms with van der Waals surface area (Å²) in [5.74, 6) is 1.69. The zero-order valence-corrected chi connectivity index (χ0v) is 19.7. The molecule has 0 aromatic heterocycles. The molecular formula is C28H41NO2. The van der Waals surface area contributed by atoms with Gasteiger partial charge in [0.15, 0.2) is 0 Å². The van der Waals surface area contributed by atoms with Gasteiger partial charge < -0.3 is 10.0 Å². The highest BCUT2D eigenvalue weighted by Crippen LogP contribution is 2.48. The number of aliphatic hydroxyl groups is 1. The number of rotatable bonds is 11. The lowest BCUT2D eigenvalue weighted by atomic mass is 9.88. The van der Waals surface area contributed by atoms with Crippen LogP contribution in [0.4, 0.5) is 0 Å². The maximum absolute atomic E-state index is 12.1. The molecule has 0 aliphatic heterocycles. The van der Waals surface area contributed by atoms with Crippen LogP contribution in [0.15, 0.2) is 48.1 Å². The Labute approximate surface area is 189 Å². The first kappa shape index (κ1) is 23.8. The number of aryl methyl sites for hydroxylation is 2. The van der Waals surface area contributed by atoms with Gasteiger partial charge in [-0.1, -0.05) is 53.6 Å². The maximum atomic E-state index is 12.1. The smallest absolute Gasteiger partial charge is 0.222 e. The van der Waals surface area contributed by atoms with E-state index in [0.717, 1.165) is 58.0 Å². The summed E-state index contributed by atoms with van der Waals surface area (Å²) in [7, 11) is 0. The Balaban J connectivity index is 1.41. The lowest BCUT2D eigenvalue weighted by molar-refractivity contribution is -0.130. The fourth-order valence-electron chi connectivity index (χ4n) is 5.52. The van der Waals surface area contributed by atoms with E-state index in [4.69, 9.17) is 0 Å². The van der Waals surface area contributed by atoms with Crippen LogP contribution in [0.25, 0.3) is 0 Å². The highest BCUT2D eigenvalue weighted by molar-refractivity contribution is 5.76. The second kappa shape index (κ2) is 11.7. The maximum Gasteiger partial charge on any atom is 0.222 e. The molecule has 1 N–H and O–H groups in total. The molecule has 31 heavy (non-hydrogen) atoms. The van der Waals surface area contributed by atoms with E-state index in [2.05, 4.69) is 49.4 Å². The largest absolute Gasteiger partial charge is 0.392 e. The van der Waals surface area contributed by atoms with Gasteiger partial charge >= 0.3 is 0 Å². The molecule has 1 aromatic carbocycles. The van der Waals surface area contributed by atoms with Gasteiger partial charge in [-0.2, -0.15) is 0 Å². The van der Waals surface area contributed by atoms with Crippen molar-refractivity contribution in [3.63, 3.8) is 0 Å². The molecule has 2 aliphatic rings. The molecule has 1 saturated carbocycles. The molecule has 0 bridgehead atoms. The Bertz CT molecular complexity index is 777. The first-order valence-electron chi connectivity index (χ1n) is 12.4. The molecule has 0 unspecified atom stereocenters. The van der Waals surface area contributed by atoms with Crippen molar-refractivity contribution in [2.24, 2.45) is 17.8 Å². The van der Waals surface area contributed by atoms with Gasteiger partial charge in [0.1, 0.15) is 0 Å². The molecule has 0 heterocycles. The van der Waals surface area contributed by atoms with Crippen LogP contribution in [-0.4, -0.2) is 35.1 Å². The topological polar surface area (TPSA) is 40.5 Å². The van der Waals surface area contributed by atoms with Crippen molar-refractivity contribution in [3.8, 4) is 0 Å². The Hall–Kier alpha value is -1.87. The summed E-state index contributed by atoms with van der Waals surface area (Å²) in [6.07, 6.45) is 14.8. The minimum atomic E-state index is -0.199. The predicted octanol–water partition coefficient (Wildman–Crippen LogP) is 5.86. The summed E-state index contributed by atoms with van der Waals surface area (Å²) >= 11 is 0. The van der Waals surface area contributed by atoms with E-state index >= 15 is 0 Å². The predicted molar refractivity (Wildman–Crippen MR) is 129 cm³/mol. The molecule has 0 radical (unpaired) electrons. The summed E-state index contributed by atoms with van der Waals surface area (Å²) in [6.45, 7) is 7.86. The Morgan fingerprint density at radius 1 is 1.19 bits per heavy atom. The minimum absolute atomic E-state index is 0.199. The summed E-state index contributed by atoms with van der Waals surface area (Å²) in [4.78, 5) is 14.1. The molecule has 3 rings (SSSR count). The van der Waals surface area contributed by atoms with E-state index in [-0.39, 0.29) is 6.10 Å². The molecule has 1 amide bonds. The Kier molecular flexibility index (Phi) is 8.95. The Morgan fingerprint density at radius 2 is 2.00 bits per heavy atom. The van der Waals surface area contributed by atoms with Gasteiger partial charge in [-0.3, -0.25) is 4.79 Å². The van der Waals surface area contributed by atoms with Crippen molar-refractivity contribution >= 4 is 5.91 Å². The highest BCUT2D eigenvalue weighted by Gasteiger charge is 2.43. The first-order chi connectivity index (χ1) is 15.0. The molecule has 4 atom stereocenters.